The van der Waals surface area contributed by atoms with Crippen LogP contribution in [0, 0.1) is 0 Å². The third kappa shape index (κ3) is 4.63. The van der Waals surface area contributed by atoms with Crippen molar-refractivity contribution in [2.75, 3.05) is 39.4 Å². The van der Waals surface area contributed by atoms with Gasteiger partial charge in [0.05, 0.1) is 11.5 Å². The van der Waals surface area contributed by atoms with E-state index in [-0.39, 0.29) is 30.5 Å². The molecule has 0 spiro atoms. The van der Waals surface area contributed by atoms with Gasteiger partial charge in [0.2, 0.25) is 10.0 Å². The minimum Gasteiger partial charge on any atom is -0.490 e. The lowest BCUT2D eigenvalue weighted by Crippen LogP contribution is -2.51. The van der Waals surface area contributed by atoms with Crippen LogP contribution in [0.3, 0.4) is 0 Å². The summed E-state index contributed by atoms with van der Waals surface area (Å²) in [5.41, 5.74) is 0. The first-order valence-electron chi connectivity index (χ1n) is 9.20. The molecule has 0 radical (unpaired) electrons. The van der Waals surface area contributed by atoms with Crippen molar-refractivity contribution in [2.24, 2.45) is 0 Å². The second kappa shape index (κ2) is 9.07. The number of piperazine rings is 1. The van der Waals surface area contributed by atoms with E-state index in [1.807, 2.05) is 19.1 Å². The molecule has 8 heteroatoms. The topological polar surface area (TPSA) is 76.2 Å². The van der Waals surface area contributed by atoms with Gasteiger partial charge >= 0.3 is 0 Å². The molecular formula is C20H24N2O5S. The Morgan fingerprint density at radius 2 is 1.46 bits per heavy atom. The van der Waals surface area contributed by atoms with Crippen LogP contribution < -0.4 is 9.47 Å². The molecule has 1 fully saturated rings. The lowest BCUT2D eigenvalue weighted by molar-refractivity contribution is -0.134. The van der Waals surface area contributed by atoms with Gasteiger partial charge in [-0.2, -0.15) is 4.31 Å². The highest BCUT2D eigenvalue weighted by molar-refractivity contribution is 7.89. The Morgan fingerprint density at radius 3 is 2.07 bits per heavy atom. The lowest BCUT2D eigenvalue weighted by atomic mass is 10.3. The molecular weight excluding hydrogens is 380 g/mol. The van der Waals surface area contributed by atoms with Crippen LogP contribution in [0.2, 0.25) is 0 Å². The normalized spacial score (nSPS) is 15.2. The fourth-order valence-electron chi connectivity index (χ4n) is 2.99. The summed E-state index contributed by atoms with van der Waals surface area (Å²) in [7, 11) is -3.53. The van der Waals surface area contributed by atoms with E-state index in [1.165, 1.54) is 4.31 Å². The van der Waals surface area contributed by atoms with E-state index in [0.29, 0.717) is 31.2 Å². The third-order valence-electron chi connectivity index (χ3n) is 4.47. The van der Waals surface area contributed by atoms with Crippen LogP contribution in [-0.4, -0.2) is 62.9 Å². The number of sulfonamides is 1. The van der Waals surface area contributed by atoms with Crippen LogP contribution in [0.4, 0.5) is 0 Å². The van der Waals surface area contributed by atoms with E-state index in [9.17, 15) is 13.2 Å². The molecule has 0 saturated carbocycles. The van der Waals surface area contributed by atoms with Gasteiger partial charge in [-0.1, -0.05) is 30.3 Å². The molecule has 0 atom stereocenters. The van der Waals surface area contributed by atoms with Crippen LogP contribution >= 0.6 is 0 Å². The first-order valence-corrected chi connectivity index (χ1v) is 10.6. The summed E-state index contributed by atoms with van der Waals surface area (Å²) < 4.78 is 37.8. The Labute approximate surface area is 165 Å². The highest BCUT2D eigenvalue weighted by Crippen LogP contribution is 2.26. The predicted octanol–water partition coefficient (Wildman–Crippen LogP) is 2.00. The first kappa shape index (κ1) is 20.2. The van der Waals surface area contributed by atoms with E-state index >= 15 is 0 Å². The van der Waals surface area contributed by atoms with Crippen LogP contribution in [-0.2, 0) is 14.8 Å². The van der Waals surface area contributed by atoms with Gasteiger partial charge in [-0.25, -0.2) is 8.42 Å². The Hall–Kier alpha value is -2.58. The summed E-state index contributed by atoms with van der Waals surface area (Å²) in [5.74, 6) is 0.933. The van der Waals surface area contributed by atoms with Crippen molar-refractivity contribution in [3.05, 3.63) is 54.6 Å². The first-order chi connectivity index (χ1) is 13.5. The molecule has 7 nitrogen and oxygen atoms in total. The van der Waals surface area contributed by atoms with Crippen molar-refractivity contribution in [3.63, 3.8) is 0 Å². The molecule has 2 aromatic carbocycles. The Balaban J connectivity index is 1.54. The largest absolute Gasteiger partial charge is 0.490 e. The quantitative estimate of drug-likeness (QED) is 0.706. The van der Waals surface area contributed by atoms with Gasteiger partial charge in [0, 0.05) is 26.2 Å². The number of hydrogen-bond donors (Lipinski definition) is 0. The van der Waals surface area contributed by atoms with Crippen molar-refractivity contribution in [2.45, 2.75) is 11.8 Å². The van der Waals surface area contributed by atoms with Crippen molar-refractivity contribution in [1.29, 1.82) is 0 Å². The molecule has 28 heavy (non-hydrogen) atoms. The standard InChI is InChI=1S/C20H24N2O5S/c1-2-26-18-10-6-7-11-19(18)27-16-20(23)21-12-14-22(15-13-21)28(24,25)17-8-4-3-5-9-17/h3-11H,2,12-16H2,1H3. The maximum Gasteiger partial charge on any atom is 0.260 e. The molecule has 1 aliphatic heterocycles. The fourth-order valence-corrected chi connectivity index (χ4v) is 4.44. The minimum absolute atomic E-state index is 0.116. The number of nitrogens with zero attached hydrogens (tertiary/aromatic N) is 2. The highest BCUT2D eigenvalue weighted by Gasteiger charge is 2.30. The van der Waals surface area contributed by atoms with Gasteiger partial charge in [-0.05, 0) is 31.2 Å². The molecule has 1 aliphatic rings. The van der Waals surface area contributed by atoms with Gasteiger partial charge in [-0.3, -0.25) is 4.79 Å². The van der Waals surface area contributed by atoms with Gasteiger partial charge in [0.25, 0.3) is 5.91 Å². The molecule has 0 bridgehead atoms. The fraction of sp³-hybridized carbons (Fsp3) is 0.350. The van der Waals surface area contributed by atoms with E-state index < -0.39 is 10.0 Å². The molecule has 1 heterocycles. The number of carbonyl (C=O) groups excluding carboxylic acids is 1. The van der Waals surface area contributed by atoms with Crippen LogP contribution in [0.1, 0.15) is 6.92 Å². The van der Waals surface area contributed by atoms with Crippen molar-refractivity contribution >= 4 is 15.9 Å². The second-order valence-corrected chi connectivity index (χ2v) is 8.20. The number of carbonyl (C=O) groups is 1. The van der Waals surface area contributed by atoms with Crippen LogP contribution in [0.5, 0.6) is 11.5 Å². The van der Waals surface area contributed by atoms with Gasteiger partial charge < -0.3 is 14.4 Å². The lowest BCUT2D eigenvalue weighted by Gasteiger charge is -2.34. The predicted molar refractivity (Wildman–Crippen MR) is 105 cm³/mol. The number of amides is 1. The van der Waals surface area contributed by atoms with E-state index in [1.54, 1.807) is 47.4 Å². The summed E-state index contributed by atoms with van der Waals surface area (Å²) in [4.78, 5) is 14.4. The van der Waals surface area contributed by atoms with Gasteiger partial charge in [-0.15, -0.1) is 0 Å². The third-order valence-corrected chi connectivity index (χ3v) is 6.39. The molecule has 0 N–H and O–H groups in total. The molecule has 1 amide bonds. The second-order valence-electron chi connectivity index (χ2n) is 6.27. The average Bonchev–Trinajstić information content (AvgIpc) is 2.74. The summed E-state index contributed by atoms with van der Waals surface area (Å²) in [6, 6.07) is 15.5. The zero-order valence-electron chi connectivity index (χ0n) is 15.8. The number of ether oxygens (including phenoxy) is 2. The molecule has 150 valence electrons. The smallest absolute Gasteiger partial charge is 0.260 e. The molecule has 3 rings (SSSR count). The van der Waals surface area contributed by atoms with Crippen molar-refractivity contribution in [1.82, 2.24) is 9.21 Å². The summed E-state index contributed by atoms with van der Waals surface area (Å²) in [6.45, 7) is 3.46. The molecule has 1 saturated heterocycles. The van der Waals surface area contributed by atoms with Crippen molar-refractivity contribution in [3.8, 4) is 11.5 Å². The zero-order valence-corrected chi connectivity index (χ0v) is 16.6. The van der Waals surface area contributed by atoms with E-state index in [0.717, 1.165) is 0 Å². The zero-order chi connectivity index (χ0) is 20.0. The van der Waals surface area contributed by atoms with E-state index in [2.05, 4.69) is 0 Å². The number of benzene rings is 2. The van der Waals surface area contributed by atoms with Gasteiger partial charge in [0.15, 0.2) is 18.1 Å². The maximum atomic E-state index is 12.7. The van der Waals surface area contributed by atoms with Gasteiger partial charge in [0.1, 0.15) is 0 Å². The summed E-state index contributed by atoms with van der Waals surface area (Å²) >= 11 is 0. The Bertz CT molecular complexity index is 894. The Morgan fingerprint density at radius 1 is 0.893 bits per heavy atom. The van der Waals surface area contributed by atoms with E-state index in [4.69, 9.17) is 9.47 Å². The summed E-state index contributed by atoms with van der Waals surface area (Å²) in [6.07, 6.45) is 0. The van der Waals surface area contributed by atoms with Crippen LogP contribution in [0.25, 0.3) is 0 Å². The molecule has 0 aliphatic carbocycles. The minimum atomic E-state index is -3.53. The Kier molecular flexibility index (Phi) is 6.53. The average molecular weight is 404 g/mol. The SMILES string of the molecule is CCOc1ccccc1OCC(=O)N1CCN(S(=O)(=O)c2ccccc2)CC1. The monoisotopic (exact) mass is 404 g/mol. The molecule has 0 unspecified atom stereocenters. The number of hydrogen-bond acceptors (Lipinski definition) is 5. The summed E-state index contributed by atoms with van der Waals surface area (Å²) in [5, 5.41) is 0. The number of para-hydroxylation sites is 2. The number of rotatable bonds is 7. The van der Waals surface area contributed by atoms with Crippen molar-refractivity contribution < 1.29 is 22.7 Å². The molecule has 0 aromatic heterocycles. The maximum absolute atomic E-state index is 12.7. The van der Waals surface area contributed by atoms with Crippen LogP contribution in [0.15, 0.2) is 59.5 Å². The highest BCUT2D eigenvalue weighted by atomic mass is 32.2. The molecule has 2 aromatic rings.